The van der Waals surface area contributed by atoms with E-state index in [4.69, 9.17) is 18.0 Å². The smallest absolute Gasteiger partial charge is 0.106 e. The van der Waals surface area contributed by atoms with Gasteiger partial charge in [0.05, 0.1) is 23.3 Å². The molecule has 0 amide bonds. The maximum atomic E-state index is 5.69. The van der Waals surface area contributed by atoms with Crippen molar-refractivity contribution < 1.29 is 0 Å². The molecule has 0 unspecified atom stereocenters. The van der Waals surface area contributed by atoms with E-state index in [-0.39, 0.29) is 0 Å². The molecular formula is C12H15N5S. The van der Waals surface area contributed by atoms with Gasteiger partial charge < -0.3 is 11.1 Å². The van der Waals surface area contributed by atoms with Crippen LogP contribution in [-0.4, -0.2) is 19.8 Å². The normalized spacial score (nSPS) is 10.3. The summed E-state index contributed by atoms with van der Waals surface area (Å²) in [7, 11) is 1.89. The van der Waals surface area contributed by atoms with Crippen molar-refractivity contribution in [2.45, 2.75) is 13.3 Å². The van der Waals surface area contributed by atoms with Crippen molar-refractivity contribution in [2.24, 2.45) is 12.8 Å². The Labute approximate surface area is 111 Å². The Balaban J connectivity index is 2.36. The largest absolute Gasteiger partial charge is 0.389 e. The van der Waals surface area contributed by atoms with E-state index in [1.54, 1.807) is 23.1 Å². The fourth-order valence-corrected chi connectivity index (χ4v) is 1.93. The predicted octanol–water partition coefficient (Wildman–Crippen LogP) is 1.76. The number of hydrogen-bond donors (Lipinski definition) is 2. The van der Waals surface area contributed by atoms with Crippen LogP contribution < -0.4 is 11.1 Å². The van der Waals surface area contributed by atoms with Crippen molar-refractivity contribution >= 4 is 28.6 Å². The highest BCUT2D eigenvalue weighted by molar-refractivity contribution is 7.80. The van der Waals surface area contributed by atoms with Crippen LogP contribution >= 0.6 is 12.2 Å². The summed E-state index contributed by atoms with van der Waals surface area (Å²) in [5.41, 5.74) is 9.21. The van der Waals surface area contributed by atoms with Crippen molar-refractivity contribution in [1.29, 1.82) is 0 Å². The van der Waals surface area contributed by atoms with Crippen LogP contribution in [0.4, 0.5) is 11.4 Å². The van der Waals surface area contributed by atoms with E-state index < -0.39 is 0 Å². The second-order valence-corrected chi connectivity index (χ2v) is 4.37. The zero-order valence-electron chi connectivity index (χ0n) is 10.3. The topological polar surface area (TPSA) is 68.8 Å². The Kier molecular flexibility index (Phi) is 3.57. The number of thiocarbonyl (C=S) groups is 1. The summed E-state index contributed by atoms with van der Waals surface area (Å²) in [6, 6.07) is 1.80. The highest BCUT2D eigenvalue weighted by Crippen LogP contribution is 2.22. The van der Waals surface area contributed by atoms with E-state index in [2.05, 4.69) is 22.3 Å². The standard InChI is InChI=1S/C12H15N5S/c1-3-9-11(7-17(2)16-9)15-10-6-14-5-4-8(10)12(13)18/h4-7,15H,3H2,1-2H3,(H2,13,18). The summed E-state index contributed by atoms with van der Waals surface area (Å²) in [5.74, 6) is 0. The average Bonchev–Trinajstić information content (AvgIpc) is 2.70. The van der Waals surface area contributed by atoms with Crippen molar-refractivity contribution in [2.75, 3.05) is 5.32 Å². The van der Waals surface area contributed by atoms with Gasteiger partial charge >= 0.3 is 0 Å². The number of nitrogens with zero attached hydrogens (tertiary/aromatic N) is 3. The molecule has 18 heavy (non-hydrogen) atoms. The molecule has 0 aliphatic rings. The van der Waals surface area contributed by atoms with Crippen molar-refractivity contribution in [3.63, 3.8) is 0 Å². The zero-order valence-corrected chi connectivity index (χ0v) is 11.2. The number of rotatable bonds is 4. The number of aromatic nitrogens is 3. The van der Waals surface area contributed by atoms with Crippen LogP contribution in [0.3, 0.4) is 0 Å². The molecule has 2 aromatic heterocycles. The molecule has 3 N–H and O–H groups in total. The monoisotopic (exact) mass is 261 g/mol. The van der Waals surface area contributed by atoms with Crippen LogP contribution in [0.5, 0.6) is 0 Å². The Morgan fingerprint density at radius 1 is 1.50 bits per heavy atom. The number of nitrogens with one attached hydrogen (secondary N) is 1. The first-order chi connectivity index (χ1) is 8.61. The third-order valence-corrected chi connectivity index (χ3v) is 2.82. The Bertz CT molecular complexity index is 576. The first kappa shape index (κ1) is 12.5. The summed E-state index contributed by atoms with van der Waals surface area (Å²) >= 11 is 5.02. The van der Waals surface area contributed by atoms with E-state index in [9.17, 15) is 0 Å². The Morgan fingerprint density at radius 2 is 2.28 bits per heavy atom. The van der Waals surface area contributed by atoms with Gasteiger partial charge in [0.15, 0.2) is 0 Å². The molecule has 0 saturated heterocycles. The van der Waals surface area contributed by atoms with Crippen LogP contribution in [0, 0.1) is 0 Å². The second kappa shape index (κ2) is 5.14. The van der Waals surface area contributed by atoms with Gasteiger partial charge in [-0.2, -0.15) is 5.10 Å². The minimum atomic E-state index is 0.349. The van der Waals surface area contributed by atoms with Crippen LogP contribution in [0.1, 0.15) is 18.2 Å². The lowest BCUT2D eigenvalue weighted by Crippen LogP contribution is -2.12. The van der Waals surface area contributed by atoms with E-state index >= 15 is 0 Å². The zero-order chi connectivity index (χ0) is 13.1. The van der Waals surface area contributed by atoms with Gasteiger partial charge in [-0.1, -0.05) is 19.1 Å². The number of pyridine rings is 1. The predicted molar refractivity (Wildman–Crippen MR) is 76.0 cm³/mol. The molecule has 0 fully saturated rings. The lowest BCUT2D eigenvalue weighted by Gasteiger charge is -2.09. The molecular weight excluding hydrogens is 246 g/mol. The quantitative estimate of drug-likeness (QED) is 0.821. The van der Waals surface area contributed by atoms with Gasteiger partial charge in [0, 0.05) is 25.0 Å². The third-order valence-electron chi connectivity index (χ3n) is 2.60. The van der Waals surface area contributed by atoms with Gasteiger partial charge in [-0.25, -0.2) is 0 Å². The van der Waals surface area contributed by atoms with Gasteiger partial charge in [0.2, 0.25) is 0 Å². The van der Waals surface area contributed by atoms with Gasteiger partial charge in [-0.05, 0) is 12.5 Å². The number of hydrogen-bond acceptors (Lipinski definition) is 4. The highest BCUT2D eigenvalue weighted by Gasteiger charge is 2.09. The van der Waals surface area contributed by atoms with Crippen molar-refractivity contribution in [3.05, 3.63) is 35.9 Å². The van der Waals surface area contributed by atoms with E-state index in [0.29, 0.717) is 4.99 Å². The maximum absolute atomic E-state index is 5.69. The molecule has 0 saturated carbocycles. The van der Waals surface area contributed by atoms with Gasteiger partial charge in [0.1, 0.15) is 4.99 Å². The van der Waals surface area contributed by atoms with Crippen LogP contribution in [0.2, 0.25) is 0 Å². The summed E-state index contributed by atoms with van der Waals surface area (Å²) < 4.78 is 1.78. The van der Waals surface area contributed by atoms with Crippen LogP contribution in [-0.2, 0) is 13.5 Å². The fourth-order valence-electron chi connectivity index (χ4n) is 1.75. The van der Waals surface area contributed by atoms with Gasteiger partial charge in [-0.3, -0.25) is 9.67 Å². The average molecular weight is 261 g/mol. The third kappa shape index (κ3) is 2.48. The molecule has 5 nitrogen and oxygen atoms in total. The molecule has 0 radical (unpaired) electrons. The number of nitrogens with two attached hydrogens (primary N) is 1. The van der Waals surface area contributed by atoms with E-state index in [1.165, 1.54) is 0 Å². The van der Waals surface area contributed by atoms with Gasteiger partial charge in [-0.15, -0.1) is 0 Å². The minimum Gasteiger partial charge on any atom is -0.389 e. The second-order valence-electron chi connectivity index (χ2n) is 3.93. The fraction of sp³-hybridized carbons (Fsp3) is 0.250. The number of aryl methyl sites for hydroxylation is 2. The Morgan fingerprint density at radius 3 is 2.94 bits per heavy atom. The molecule has 0 aromatic carbocycles. The van der Waals surface area contributed by atoms with Crippen LogP contribution in [0.15, 0.2) is 24.7 Å². The molecule has 2 heterocycles. The molecule has 0 aliphatic heterocycles. The van der Waals surface area contributed by atoms with Crippen LogP contribution in [0.25, 0.3) is 0 Å². The molecule has 2 rings (SSSR count). The van der Waals surface area contributed by atoms with Gasteiger partial charge in [0.25, 0.3) is 0 Å². The SMILES string of the molecule is CCc1nn(C)cc1Nc1cnccc1C(N)=S. The molecule has 0 bridgehead atoms. The minimum absolute atomic E-state index is 0.349. The summed E-state index contributed by atoms with van der Waals surface area (Å²) in [6.07, 6.45) is 6.16. The molecule has 0 spiro atoms. The molecule has 0 atom stereocenters. The molecule has 2 aromatic rings. The van der Waals surface area contributed by atoms with E-state index in [1.807, 2.05) is 13.2 Å². The molecule has 94 valence electrons. The summed E-state index contributed by atoms with van der Waals surface area (Å²) in [6.45, 7) is 2.06. The highest BCUT2D eigenvalue weighted by atomic mass is 32.1. The summed E-state index contributed by atoms with van der Waals surface area (Å²) in [4.78, 5) is 4.43. The van der Waals surface area contributed by atoms with Crippen molar-refractivity contribution in [3.8, 4) is 0 Å². The van der Waals surface area contributed by atoms with E-state index in [0.717, 1.165) is 29.1 Å². The lowest BCUT2D eigenvalue weighted by atomic mass is 10.2. The lowest BCUT2D eigenvalue weighted by molar-refractivity contribution is 0.746. The first-order valence-electron chi connectivity index (χ1n) is 5.65. The Hall–Kier alpha value is -1.95. The summed E-state index contributed by atoms with van der Waals surface area (Å²) in [5, 5.41) is 7.65. The number of anilines is 2. The van der Waals surface area contributed by atoms with Crippen molar-refractivity contribution in [1.82, 2.24) is 14.8 Å². The molecule has 0 aliphatic carbocycles. The first-order valence-corrected chi connectivity index (χ1v) is 6.06. The molecule has 6 heteroatoms. The maximum Gasteiger partial charge on any atom is 0.106 e.